The first-order chi connectivity index (χ1) is 9.58. The number of morpholine rings is 1. The predicted octanol–water partition coefficient (Wildman–Crippen LogP) is 1.47. The fourth-order valence-electron chi connectivity index (χ4n) is 2.76. The molecule has 1 saturated carbocycles. The van der Waals surface area contributed by atoms with Crippen molar-refractivity contribution in [2.75, 3.05) is 19.7 Å². The van der Waals surface area contributed by atoms with Crippen LogP contribution in [0.2, 0.25) is 0 Å². The van der Waals surface area contributed by atoms with Gasteiger partial charge >= 0.3 is 5.97 Å². The summed E-state index contributed by atoms with van der Waals surface area (Å²) in [5, 5.41) is 11.0. The number of aryl methyl sites for hydroxylation is 1. The highest BCUT2D eigenvalue weighted by Crippen LogP contribution is 2.51. The summed E-state index contributed by atoms with van der Waals surface area (Å²) < 4.78 is 5.15. The maximum absolute atomic E-state index is 12.4. The summed E-state index contributed by atoms with van der Waals surface area (Å²) in [6.45, 7) is 3.04. The van der Waals surface area contributed by atoms with Gasteiger partial charge in [0.2, 0.25) is 5.91 Å². The van der Waals surface area contributed by atoms with E-state index in [0.717, 1.165) is 6.42 Å². The van der Waals surface area contributed by atoms with E-state index in [2.05, 4.69) is 18.4 Å². The molecular formula is C14H17NO4S. The van der Waals surface area contributed by atoms with Crippen LogP contribution in [0.5, 0.6) is 0 Å². The molecule has 1 aliphatic carbocycles. The summed E-state index contributed by atoms with van der Waals surface area (Å²) in [5.41, 5.74) is 1.25. The number of aliphatic carboxylic acids is 1. The number of hydrogen-bond donors (Lipinski definition) is 1. The number of hydrogen-bond acceptors (Lipinski definition) is 4. The molecule has 0 bridgehead atoms. The van der Waals surface area contributed by atoms with Gasteiger partial charge in [-0.25, -0.2) is 4.79 Å². The first kappa shape index (κ1) is 13.6. The molecule has 1 aromatic heterocycles. The molecule has 0 radical (unpaired) electrons. The lowest BCUT2D eigenvalue weighted by atomic mass is 10.1. The number of amides is 1. The van der Waals surface area contributed by atoms with Crippen molar-refractivity contribution in [1.82, 2.24) is 4.90 Å². The molecule has 2 heterocycles. The van der Waals surface area contributed by atoms with E-state index in [1.165, 1.54) is 10.4 Å². The molecule has 1 amide bonds. The lowest BCUT2D eigenvalue weighted by molar-refractivity contribution is -0.159. The van der Waals surface area contributed by atoms with E-state index >= 15 is 0 Å². The molecule has 1 saturated heterocycles. The van der Waals surface area contributed by atoms with Crippen LogP contribution in [-0.2, 0) is 14.3 Å². The van der Waals surface area contributed by atoms with Gasteiger partial charge in [-0.3, -0.25) is 4.79 Å². The van der Waals surface area contributed by atoms with Gasteiger partial charge in [-0.05, 0) is 30.4 Å². The molecule has 108 valence electrons. The maximum atomic E-state index is 12.4. The molecule has 1 aliphatic heterocycles. The Morgan fingerprint density at radius 2 is 2.30 bits per heavy atom. The zero-order chi connectivity index (χ0) is 14.3. The van der Waals surface area contributed by atoms with Gasteiger partial charge < -0.3 is 14.7 Å². The number of thiophene rings is 1. The topological polar surface area (TPSA) is 66.8 Å². The highest BCUT2D eigenvalue weighted by atomic mass is 32.1. The van der Waals surface area contributed by atoms with Crippen molar-refractivity contribution in [3.63, 3.8) is 0 Å². The van der Waals surface area contributed by atoms with E-state index in [-0.39, 0.29) is 18.4 Å². The minimum atomic E-state index is -0.996. The molecule has 0 spiro atoms. The zero-order valence-electron chi connectivity index (χ0n) is 11.2. The Kier molecular flexibility index (Phi) is 3.52. The van der Waals surface area contributed by atoms with Crippen LogP contribution >= 0.6 is 11.3 Å². The van der Waals surface area contributed by atoms with E-state index in [4.69, 9.17) is 9.84 Å². The number of carbonyl (C=O) groups excluding carboxylic acids is 1. The summed E-state index contributed by atoms with van der Waals surface area (Å²) in [6.07, 6.45) is 0.00307. The van der Waals surface area contributed by atoms with Gasteiger partial charge in [0.05, 0.1) is 13.2 Å². The number of nitrogens with zero attached hydrogens (tertiary/aromatic N) is 1. The van der Waals surface area contributed by atoms with Gasteiger partial charge in [0.25, 0.3) is 0 Å². The van der Waals surface area contributed by atoms with E-state index in [1.807, 2.05) is 0 Å². The Morgan fingerprint density at radius 3 is 2.95 bits per heavy atom. The molecule has 3 rings (SSSR count). The van der Waals surface area contributed by atoms with Crippen molar-refractivity contribution in [3.05, 3.63) is 21.9 Å². The SMILES string of the molecule is Cc1ccsc1[C@@H]1C[C@H]1C(=O)N1CCO[C@H](C(=O)O)C1. The Morgan fingerprint density at radius 1 is 1.50 bits per heavy atom. The van der Waals surface area contributed by atoms with Gasteiger partial charge in [0, 0.05) is 23.3 Å². The molecule has 5 nitrogen and oxygen atoms in total. The van der Waals surface area contributed by atoms with Crippen LogP contribution in [0.1, 0.15) is 22.8 Å². The Balaban J connectivity index is 1.63. The van der Waals surface area contributed by atoms with Crippen LogP contribution in [0.15, 0.2) is 11.4 Å². The second-order valence-electron chi connectivity index (χ2n) is 5.40. The summed E-state index contributed by atoms with van der Waals surface area (Å²) in [7, 11) is 0. The van der Waals surface area contributed by atoms with E-state index in [1.54, 1.807) is 16.2 Å². The van der Waals surface area contributed by atoms with Gasteiger partial charge in [-0.2, -0.15) is 0 Å². The number of carboxylic acids is 1. The monoisotopic (exact) mass is 295 g/mol. The number of carboxylic acid groups (broad SMARTS) is 1. The second kappa shape index (κ2) is 5.18. The third-order valence-electron chi connectivity index (χ3n) is 4.00. The normalized spacial score (nSPS) is 29.2. The minimum absolute atomic E-state index is 0.0277. The Labute approximate surface area is 121 Å². The largest absolute Gasteiger partial charge is 0.479 e. The van der Waals surface area contributed by atoms with Crippen LogP contribution in [0.25, 0.3) is 0 Å². The second-order valence-corrected chi connectivity index (χ2v) is 6.35. The molecule has 1 N–H and O–H groups in total. The van der Waals surface area contributed by atoms with Crippen molar-refractivity contribution < 1.29 is 19.4 Å². The standard InChI is InChI=1S/C14H17NO4S/c1-8-2-5-20-12(8)9-6-10(9)13(16)15-3-4-19-11(7-15)14(17)18/h2,5,9-11H,3-4,6-7H2,1H3,(H,17,18)/t9-,10-,11+/m1/s1. The first-order valence-electron chi connectivity index (χ1n) is 6.75. The predicted molar refractivity (Wildman–Crippen MR) is 73.9 cm³/mol. The van der Waals surface area contributed by atoms with Crippen LogP contribution < -0.4 is 0 Å². The summed E-state index contributed by atoms with van der Waals surface area (Å²) in [5.74, 6) is -0.560. The number of rotatable bonds is 3. The highest BCUT2D eigenvalue weighted by molar-refractivity contribution is 7.10. The smallest absolute Gasteiger partial charge is 0.334 e. The van der Waals surface area contributed by atoms with Gasteiger partial charge in [-0.15, -0.1) is 11.3 Å². The molecular weight excluding hydrogens is 278 g/mol. The molecule has 20 heavy (non-hydrogen) atoms. The molecule has 2 fully saturated rings. The average Bonchev–Trinajstić information content (AvgIpc) is 3.12. The number of carbonyl (C=O) groups is 2. The molecule has 3 atom stereocenters. The lowest BCUT2D eigenvalue weighted by Gasteiger charge is -2.31. The molecule has 2 aliphatic rings. The molecule has 6 heteroatoms. The quantitative estimate of drug-likeness (QED) is 0.917. The average molecular weight is 295 g/mol. The Hall–Kier alpha value is -1.40. The number of ether oxygens (including phenoxy) is 1. The van der Waals surface area contributed by atoms with Crippen LogP contribution in [0.4, 0.5) is 0 Å². The van der Waals surface area contributed by atoms with Crippen molar-refractivity contribution in [2.45, 2.75) is 25.4 Å². The minimum Gasteiger partial charge on any atom is -0.479 e. The van der Waals surface area contributed by atoms with Gasteiger partial charge in [0.15, 0.2) is 6.10 Å². The third-order valence-corrected chi connectivity index (χ3v) is 5.15. The fraction of sp³-hybridized carbons (Fsp3) is 0.571. The summed E-state index contributed by atoms with van der Waals surface area (Å²) >= 11 is 1.70. The maximum Gasteiger partial charge on any atom is 0.334 e. The van der Waals surface area contributed by atoms with Crippen LogP contribution in [0, 0.1) is 12.8 Å². The fourth-order valence-corrected chi connectivity index (χ4v) is 3.86. The van der Waals surface area contributed by atoms with E-state index < -0.39 is 12.1 Å². The molecule has 1 aromatic rings. The van der Waals surface area contributed by atoms with Crippen molar-refractivity contribution in [1.29, 1.82) is 0 Å². The first-order valence-corrected chi connectivity index (χ1v) is 7.63. The van der Waals surface area contributed by atoms with Crippen molar-refractivity contribution >= 4 is 23.2 Å². The Bertz CT molecular complexity index is 541. The third kappa shape index (κ3) is 2.45. The molecule has 0 aromatic carbocycles. The van der Waals surface area contributed by atoms with Gasteiger partial charge in [0.1, 0.15) is 0 Å². The summed E-state index contributed by atoms with van der Waals surface area (Å²) in [6, 6.07) is 2.08. The van der Waals surface area contributed by atoms with E-state index in [9.17, 15) is 9.59 Å². The van der Waals surface area contributed by atoms with Gasteiger partial charge in [-0.1, -0.05) is 0 Å². The summed E-state index contributed by atoms with van der Waals surface area (Å²) in [4.78, 5) is 26.3. The van der Waals surface area contributed by atoms with Crippen molar-refractivity contribution in [3.8, 4) is 0 Å². The van der Waals surface area contributed by atoms with Crippen LogP contribution in [0.3, 0.4) is 0 Å². The lowest BCUT2D eigenvalue weighted by Crippen LogP contribution is -2.49. The highest BCUT2D eigenvalue weighted by Gasteiger charge is 2.47. The molecule has 0 unspecified atom stereocenters. The van der Waals surface area contributed by atoms with Crippen LogP contribution in [-0.4, -0.2) is 47.7 Å². The van der Waals surface area contributed by atoms with Crippen molar-refractivity contribution in [2.24, 2.45) is 5.92 Å². The van der Waals surface area contributed by atoms with E-state index in [0.29, 0.717) is 19.1 Å². The zero-order valence-corrected chi connectivity index (χ0v) is 12.1.